The third kappa shape index (κ3) is 5.43. The van der Waals surface area contributed by atoms with E-state index in [1.54, 1.807) is 0 Å². The number of benzene rings is 2. The Balaban J connectivity index is 1.39. The lowest BCUT2D eigenvalue weighted by Crippen LogP contribution is -2.15. The molecule has 1 amide bonds. The lowest BCUT2D eigenvalue weighted by molar-refractivity contribution is 0.0992. The molecular weight excluding hydrogens is 508 g/mol. The average Bonchev–Trinajstić information content (AvgIpc) is 3.33. The van der Waals surface area contributed by atoms with Crippen molar-refractivity contribution in [3.05, 3.63) is 95.7 Å². The molecule has 4 aromatic rings. The van der Waals surface area contributed by atoms with Crippen molar-refractivity contribution in [3.63, 3.8) is 0 Å². The zero-order chi connectivity index (χ0) is 25.9. The number of carbonyl (C=O) groups excluding carboxylic acids is 1. The summed E-state index contributed by atoms with van der Waals surface area (Å²) in [6.45, 7) is -0.630. The topological polar surface area (TPSA) is 123 Å². The van der Waals surface area contributed by atoms with Crippen molar-refractivity contribution in [3.8, 4) is 5.75 Å². The first-order valence-corrected chi connectivity index (χ1v) is 11.4. The Labute approximate surface area is 200 Å². The number of nitrogens with one attached hydrogen (secondary N) is 2. The lowest BCUT2D eigenvalue weighted by Gasteiger charge is -2.08. The van der Waals surface area contributed by atoms with Gasteiger partial charge < -0.3 is 14.5 Å². The van der Waals surface area contributed by atoms with Gasteiger partial charge in [0.25, 0.3) is 15.9 Å². The van der Waals surface area contributed by atoms with Gasteiger partial charge in [0, 0.05) is 24.1 Å². The summed E-state index contributed by atoms with van der Waals surface area (Å²) in [6, 6.07) is 9.19. The second kappa shape index (κ2) is 10.0. The monoisotopic (exact) mass is 522 g/mol. The number of sulfonamides is 1. The third-order valence-corrected chi connectivity index (χ3v) is 5.87. The molecule has 0 unspecified atom stereocenters. The van der Waals surface area contributed by atoms with Gasteiger partial charge in [-0.2, -0.15) is 8.78 Å². The zero-order valence-electron chi connectivity index (χ0n) is 17.8. The minimum atomic E-state index is -3.97. The number of carbonyl (C=O) groups is 1. The van der Waals surface area contributed by atoms with E-state index < -0.39 is 51.6 Å². The molecule has 0 aliphatic heterocycles. The van der Waals surface area contributed by atoms with Crippen molar-refractivity contribution < 1.29 is 39.9 Å². The molecule has 0 spiro atoms. The highest BCUT2D eigenvalue weighted by atomic mass is 32.2. The molecule has 9 nitrogen and oxygen atoms in total. The molecule has 0 bridgehead atoms. The van der Waals surface area contributed by atoms with Crippen LogP contribution < -0.4 is 14.8 Å². The number of furan rings is 1. The Bertz CT molecular complexity index is 1490. The van der Waals surface area contributed by atoms with Gasteiger partial charge in [-0.1, -0.05) is 0 Å². The van der Waals surface area contributed by atoms with Crippen molar-refractivity contribution in [1.82, 2.24) is 9.97 Å². The maximum atomic E-state index is 13.7. The predicted molar refractivity (Wildman–Crippen MR) is 117 cm³/mol. The van der Waals surface area contributed by atoms with Crippen molar-refractivity contribution in [2.75, 3.05) is 10.0 Å². The van der Waals surface area contributed by atoms with Gasteiger partial charge in [-0.15, -0.1) is 0 Å². The third-order valence-electron chi connectivity index (χ3n) is 4.53. The van der Waals surface area contributed by atoms with Crippen LogP contribution in [0.15, 0.2) is 70.2 Å². The summed E-state index contributed by atoms with van der Waals surface area (Å²) in [4.78, 5) is 19.9. The van der Waals surface area contributed by atoms with Crippen LogP contribution in [0.25, 0.3) is 0 Å². The summed E-state index contributed by atoms with van der Waals surface area (Å²) in [7, 11) is -3.97. The van der Waals surface area contributed by atoms with E-state index >= 15 is 0 Å². The van der Waals surface area contributed by atoms with E-state index in [4.69, 9.17) is 9.15 Å². The van der Waals surface area contributed by atoms with Crippen LogP contribution in [0.3, 0.4) is 0 Å². The minimum absolute atomic E-state index is 0.0447. The number of anilines is 2. The Hall–Kier alpha value is -4.46. The number of aromatic nitrogens is 2. The molecule has 2 aromatic heterocycles. The smallest absolute Gasteiger partial charge is 0.291 e. The molecule has 0 radical (unpaired) electrons. The van der Waals surface area contributed by atoms with Crippen molar-refractivity contribution in [2.24, 2.45) is 0 Å². The molecule has 0 aliphatic rings. The van der Waals surface area contributed by atoms with Gasteiger partial charge in [0.15, 0.2) is 23.1 Å². The molecular formula is C22H14F4N4O5S. The molecule has 4 rings (SSSR count). The zero-order valence-corrected chi connectivity index (χ0v) is 18.7. The van der Waals surface area contributed by atoms with E-state index in [-0.39, 0.29) is 34.1 Å². The highest BCUT2D eigenvalue weighted by Crippen LogP contribution is 2.27. The number of amides is 1. The molecule has 0 atom stereocenters. The SMILES string of the molecule is O=C(Nc1ccc(S(=O)(=O)Nc2ncccn2)cc1)c1ccc(COc2c(F)c(F)cc(F)c2F)o1. The van der Waals surface area contributed by atoms with E-state index in [9.17, 15) is 30.8 Å². The number of nitrogens with zero attached hydrogens (tertiary/aromatic N) is 2. The van der Waals surface area contributed by atoms with Crippen LogP contribution in [-0.4, -0.2) is 24.3 Å². The molecule has 186 valence electrons. The van der Waals surface area contributed by atoms with Gasteiger partial charge in [-0.3, -0.25) is 4.79 Å². The maximum Gasteiger partial charge on any atom is 0.291 e. The van der Waals surface area contributed by atoms with Gasteiger partial charge in [0.1, 0.15) is 12.4 Å². The van der Waals surface area contributed by atoms with Crippen LogP contribution in [0.1, 0.15) is 16.3 Å². The Morgan fingerprint density at radius 3 is 2.22 bits per heavy atom. The molecule has 2 N–H and O–H groups in total. The molecule has 0 fully saturated rings. The molecule has 0 saturated heterocycles. The fourth-order valence-corrected chi connectivity index (χ4v) is 3.80. The van der Waals surface area contributed by atoms with Crippen molar-refractivity contribution >= 4 is 27.6 Å². The number of hydrogen-bond acceptors (Lipinski definition) is 7. The van der Waals surface area contributed by atoms with Gasteiger partial charge in [-0.05, 0) is 42.5 Å². The Morgan fingerprint density at radius 1 is 0.944 bits per heavy atom. The first-order chi connectivity index (χ1) is 17.1. The van der Waals surface area contributed by atoms with Crippen LogP contribution in [0, 0.1) is 23.3 Å². The van der Waals surface area contributed by atoms with Gasteiger partial charge in [0.05, 0.1) is 4.90 Å². The quantitative estimate of drug-likeness (QED) is 0.262. The number of ether oxygens (including phenoxy) is 1. The maximum absolute atomic E-state index is 13.7. The summed E-state index contributed by atoms with van der Waals surface area (Å²) in [5, 5.41) is 2.47. The Kier molecular flexibility index (Phi) is 6.87. The molecule has 0 saturated carbocycles. The summed E-state index contributed by atoms with van der Waals surface area (Å²) in [5.41, 5.74) is 0.225. The van der Waals surface area contributed by atoms with Crippen molar-refractivity contribution in [1.29, 1.82) is 0 Å². The van der Waals surface area contributed by atoms with Crippen molar-refractivity contribution in [2.45, 2.75) is 11.5 Å². The molecule has 2 heterocycles. The van der Waals surface area contributed by atoms with Gasteiger partial charge in [-0.25, -0.2) is 31.9 Å². The largest absolute Gasteiger partial charge is 0.479 e. The van der Waals surface area contributed by atoms with E-state index in [0.717, 1.165) is 0 Å². The summed E-state index contributed by atoms with van der Waals surface area (Å²) < 4.78 is 91.0. The van der Waals surface area contributed by atoms with E-state index in [0.29, 0.717) is 0 Å². The number of halogens is 4. The molecule has 0 aliphatic carbocycles. The molecule has 2 aromatic carbocycles. The summed E-state index contributed by atoms with van der Waals surface area (Å²) >= 11 is 0. The predicted octanol–water partition coefficient (Wildman–Crippen LogP) is 4.26. The van der Waals surface area contributed by atoms with E-state index in [2.05, 4.69) is 20.0 Å². The van der Waals surface area contributed by atoms with Gasteiger partial charge in [0.2, 0.25) is 17.6 Å². The fraction of sp³-hybridized carbons (Fsp3) is 0.0455. The van der Waals surface area contributed by atoms with Crippen LogP contribution in [0.4, 0.5) is 29.2 Å². The van der Waals surface area contributed by atoms with Crippen LogP contribution in [0.5, 0.6) is 5.75 Å². The minimum Gasteiger partial charge on any atom is -0.479 e. The highest BCUT2D eigenvalue weighted by molar-refractivity contribution is 7.92. The summed E-state index contributed by atoms with van der Waals surface area (Å²) in [5.74, 6) is -9.09. The van der Waals surface area contributed by atoms with E-state index in [1.807, 2.05) is 0 Å². The summed E-state index contributed by atoms with van der Waals surface area (Å²) in [6.07, 6.45) is 2.74. The Morgan fingerprint density at radius 2 is 1.58 bits per heavy atom. The highest BCUT2D eigenvalue weighted by Gasteiger charge is 2.21. The van der Waals surface area contributed by atoms with Gasteiger partial charge >= 0.3 is 0 Å². The van der Waals surface area contributed by atoms with E-state index in [1.165, 1.54) is 54.9 Å². The van der Waals surface area contributed by atoms with Crippen LogP contribution in [-0.2, 0) is 16.6 Å². The normalized spacial score (nSPS) is 11.2. The first kappa shape index (κ1) is 24.7. The molecule has 36 heavy (non-hydrogen) atoms. The first-order valence-electron chi connectivity index (χ1n) is 9.90. The second-order valence-corrected chi connectivity index (χ2v) is 8.69. The average molecular weight is 522 g/mol. The number of rotatable bonds is 8. The van der Waals surface area contributed by atoms with Crippen LogP contribution >= 0.6 is 0 Å². The number of hydrogen-bond donors (Lipinski definition) is 2. The fourth-order valence-electron chi connectivity index (χ4n) is 2.84. The standard InChI is InChI=1S/C22H14F4N4O5S/c23-15-10-16(24)19(26)20(18(15)25)34-11-13-4-7-17(35-13)21(31)29-12-2-5-14(6-3-12)36(32,33)30-22-27-8-1-9-28-22/h1-10H,11H2,(H,29,31)(H,27,28,30). The lowest BCUT2D eigenvalue weighted by atomic mass is 10.3. The molecule has 14 heteroatoms. The second-order valence-electron chi connectivity index (χ2n) is 7.01. The van der Waals surface area contributed by atoms with Crippen LogP contribution in [0.2, 0.25) is 0 Å².